The number of hydrogen-bond donors (Lipinski definition) is 3. The molecule has 3 fully saturated rings. The number of hydrogen-bond acceptors (Lipinski definition) is 3. The van der Waals surface area contributed by atoms with Gasteiger partial charge in [0.2, 0.25) is 5.91 Å². The topological polar surface area (TPSA) is 87.7 Å². The number of fused-ring (bicyclic) bond motifs is 2. The number of amides is 1. The van der Waals surface area contributed by atoms with Gasteiger partial charge in [-0.3, -0.25) is 4.79 Å². The number of nitrogens with one attached hydrogen (secondary N) is 1. The largest absolute Gasteiger partial charge is 0.409 e. The molecule has 0 saturated heterocycles. The Labute approximate surface area is 126 Å². The minimum atomic E-state index is -0.785. The number of oxime groups is 1. The van der Waals surface area contributed by atoms with Crippen LogP contribution in [0.25, 0.3) is 0 Å². The second kappa shape index (κ2) is 5.85. The summed E-state index contributed by atoms with van der Waals surface area (Å²) in [6.45, 7) is 0. The van der Waals surface area contributed by atoms with Crippen LogP contribution in [-0.2, 0) is 4.79 Å². The smallest absolute Gasteiger partial charge is 0.234 e. The van der Waals surface area contributed by atoms with Crippen molar-refractivity contribution in [3.63, 3.8) is 0 Å². The van der Waals surface area contributed by atoms with Crippen LogP contribution in [0.15, 0.2) is 5.16 Å². The maximum absolute atomic E-state index is 12.9. The third kappa shape index (κ3) is 2.62. The number of nitrogens with zero attached hydrogens (tertiary/aromatic N) is 1. The zero-order chi connectivity index (χ0) is 14.9. The molecule has 5 nitrogen and oxygen atoms in total. The summed E-state index contributed by atoms with van der Waals surface area (Å²) in [4.78, 5) is 12.9. The van der Waals surface area contributed by atoms with Crippen molar-refractivity contribution in [1.29, 1.82) is 0 Å². The second-order valence-electron chi connectivity index (χ2n) is 7.24. The van der Waals surface area contributed by atoms with Gasteiger partial charge in [0.05, 0.1) is 0 Å². The molecule has 3 aliphatic rings. The number of carbonyl (C=O) groups excluding carboxylic acids is 1. The van der Waals surface area contributed by atoms with Gasteiger partial charge >= 0.3 is 0 Å². The molecule has 0 heterocycles. The zero-order valence-electron chi connectivity index (χ0n) is 12.7. The van der Waals surface area contributed by atoms with Gasteiger partial charge in [0, 0.05) is 6.04 Å². The van der Waals surface area contributed by atoms with Gasteiger partial charge in [-0.15, -0.1) is 0 Å². The predicted octanol–water partition coefficient (Wildman–Crippen LogP) is 2.38. The normalized spacial score (nSPS) is 35.4. The molecular formula is C16H27N3O2. The van der Waals surface area contributed by atoms with Gasteiger partial charge in [-0.25, -0.2) is 0 Å². The first-order valence-electron chi connectivity index (χ1n) is 8.45. The summed E-state index contributed by atoms with van der Waals surface area (Å²) in [7, 11) is 0. The summed E-state index contributed by atoms with van der Waals surface area (Å²) in [5.74, 6) is 1.55. The average molecular weight is 293 g/mol. The third-order valence-corrected chi connectivity index (χ3v) is 6.04. The highest BCUT2D eigenvalue weighted by atomic mass is 16.4. The Kier molecular flexibility index (Phi) is 4.09. The molecule has 1 amide bonds. The minimum Gasteiger partial charge on any atom is -0.409 e. The molecule has 3 atom stereocenters. The molecular weight excluding hydrogens is 266 g/mol. The van der Waals surface area contributed by atoms with Crippen molar-refractivity contribution in [2.24, 2.45) is 28.1 Å². The van der Waals surface area contributed by atoms with Crippen LogP contribution in [0, 0.1) is 17.3 Å². The Morgan fingerprint density at radius 1 is 1.14 bits per heavy atom. The van der Waals surface area contributed by atoms with E-state index in [1.165, 1.54) is 19.3 Å². The lowest BCUT2D eigenvalue weighted by Crippen LogP contribution is -2.53. The van der Waals surface area contributed by atoms with Crippen molar-refractivity contribution in [3.05, 3.63) is 0 Å². The molecule has 0 aromatic heterocycles. The lowest BCUT2D eigenvalue weighted by atomic mass is 9.77. The molecule has 0 spiro atoms. The molecule has 0 aliphatic heterocycles. The van der Waals surface area contributed by atoms with Gasteiger partial charge in [0.25, 0.3) is 0 Å². The molecule has 3 unspecified atom stereocenters. The molecule has 118 valence electrons. The van der Waals surface area contributed by atoms with E-state index in [0.29, 0.717) is 24.8 Å². The molecule has 4 N–H and O–H groups in total. The standard InChI is InChI=1S/C16H27N3O2/c17-14(19-21)16(7-3-1-2-4-8-16)15(20)18-13-10-11-5-6-12(13)9-11/h11-13,21H,1-10H2,(H2,17,19)(H,18,20). The van der Waals surface area contributed by atoms with Gasteiger partial charge < -0.3 is 16.3 Å². The highest BCUT2D eigenvalue weighted by Crippen LogP contribution is 2.45. The summed E-state index contributed by atoms with van der Waals surface area (Å²) in [5, 5.41) is 15.6. The summed E-state index contributed by atoms with van der Waals surface area (Å²) in [6, 6.07) is 0.308. The minimum absolute atomic E-state index is 0.00255. The molecule has 0 aromatic carbocycles. The highest BCUT2D eigenvalue weighted by molar-refractivity contribution is 6.06. The summed E-state index contributed by atoms with van der Waals surface area (Å²) >= 11 is 0. The molecule has 21 heavy (non-hydrogen) atoms. The maximum Gasteiger partial charge on any atom is 0.234 e. The van der Waals surface area contributed by atoms with Gasteiger partial charge in [-0.2, -0.15) is 0 Å². The van der Waals surface area contributed by atoms with Crippen LogP contribution < -0.4 is 11.1 Å². The second-order valence-corrected chi connectivity index (χ2v) is 7.24. The van der Waals surface area contributed by atoms with Gasteiger partial charge in [-0.1, -0.05) is 37.3 Å². The Balaban J connectivity index is 1.74. The van der Waals surface area contributed by atoms with Crippen molar-refractivity contribution in [3.8, 4) is 0 Å². The van der Waals surface area contributed by atoms with E-state index in [0.717, 1.165) is 38.0 Å². The monoisotopic (exact) mass is 293 g/mol. The van der Waals surface area contributed by atoms with E-state index in [1.807, 2.05) is 0 Å². The van der Waals surface area contributed by atoms with E-state index in [-0.39, 0.29) is 11.7 Å². The lowest BCUT2D eigenvalue weighted by Gasteiger charge is -2.33. The molecule has 0 aromatic rings. The maximum atomic E-state index is 12.9. The molecule has 2 bridgehead atoms. The van der Waals surface area contributed by atoms with Crippen molar-refractivity contribution in [1.82, 2.24) is 5.32 Å². The van der Waals surface area contributed by atoms with E-state index in [2.05, 4.69) is 10.5 Å². The molecule has 3 aliphatic carbocycles. The van der Waals surface area contributed by atoms with Gasteiger partial charge in [-0.05, 0) is 43.9 Å². The van der Waals surface area contributed by atoms with Crippen LogP contribution in [0.5, 0.6) is 0 Å². The fourth-order valence-electron chi connectivity index (χ4n) is 4.76. The van der Waals surface area contributed by atoms with Crippen LogP contribution in [0.3, 0.4) is 0 Å². The number of carbonyl (C=O) groups is 1. The van der Waals surface area contributed by atoms with Crippen molar-refractivity contribution >= 4 is 11.7 Å². The van der Waals surface area contributed by atoms with Gasteiger partial charge in [0.15, 0.2) is 5.84 Å². The van der Waals surface area contributed by atoms with E-state index < -0.39 is 5.41 Å². The fraction of sp³-hybridized carbons (Fsp3) is 0.875. The van der Waals surface area contributed by atoms with E-state index in [4.69, 9.17) is 10.9 Å². The van der Waals surface area contributed by atoms with E-state index in [1.54, 1.807) is 0 Å². The molecule has 3 rings (SSSR count). The summed E-state index contributed by atoms with van der Waals surface area (Å²) < 4.78 is 0. The molecule has 0 radical (unpaired) electrons. The number of nitrogens with two attached hydrogens (primary N) is 1. The number of amidine groups is 1. The first-order valence-corrected chi connectivity index (χ1v) is 8.45. The SMILES string of the molecule is NC(=NO)C1(C(=O)NC2CC3CCC2C3)CCCCCC1. The average Bonchev–Trinajstić information content (AvgIpc) is 3.01. The fourth-order valence-corrected chi connectivity index (χ4v) is 4.76. The number of rotatable bonds is 3. The van der Waals surface area contributed by atoms with Crippen molar-refractivity contribution in [2.75, 3.05) is 0 Å². The van der Waals surface area contributed by atoms with Crippen molar-refractivity contribution < 1.29 is 10.0 Å². The first kappa shape index (κ1) is 14.7. The summed E-state index contributed by atoms with van der Waals surface area (Å²) in [6.07, 6.45) is 10.5. The summed E-state index contributed by atoms with van der Waals surface area (Å²) in [5.41, 5.74) is 5.16. The van der Waals surface area contributed by atoms with E-state index in [9.17, 15) is 4.79 Å². The van der Waals surface area contributed by atoms with Crippen LogP contribution in [0.2, 0.25) is 0 Å². The van der Waals surface area contributed by atoms with Crippen LogP contribution >= 0.6 is 0 Å². The first-order chi connectivity index (χ1) is 10.2. The highest BCUT2D eigenvalue weighted by Gasteiger charge is 2.46. The Hall–Kier alpha value is -1.26. The van der Waals surface area contributed by atoms with Crippen LogP contribution in [0.1, 0.15) is 64.2 Å². The Morgan fingerprint density at radius 3 is 2.38 bits per heavy atom. The van der Waals surface area contributed by atoms with Crippen molar-refractivity contribution in [2.45, 2.75) is 70.3 Å². The quantitative estimate of drug-likeness (QED) is 0.245. The van der Waals surface area contributed by atoms with E-state index >= 15 is 0 Å². The van der Waals surface area contributed by atoms with Gasteiger partial charge in [0.1, 0.15) is 5.41 Å². The Bertz CT molecular complexity index is 427. The van der Waals surface area contributed by atoms with Crippen LogP contribution in [-0.4, -0.2) is 23.0 Å². The molecule has 3 saturated carbocycles. The van der Waals surface area contributed by atoms with Crippen LogP contribution in [0.4, 0.5) is 0 Å². The molecule has 5 heteroatoms. The lowest BCUT2D eigenvalue weighted by molar-refractivity contribution is -0.129. The zero-order valence-corrected chi connectivity index (χ0v) is 12.7. The predicted molar refractivity (Wildman–Crippen MR) is 80.9 cm³/mol. The Morgan fingerprint density at radius 2 is 1.86 bits per heavy atom. The third-order valence-electron chi connectivity index (χ3n) is 6.04.